The van der Waals surface area contributed by atoms with E-state index in [1.54, 1.807) is 31.3 Å². The van der Waals surface area contributed by atoms with Gasteiger partial charge in [-0.1, -0.05) is 30.3 Å². The van der Waals surface area contributed by atoms with Gasteiger partial charge in [-0.15, -0.1) is 0 Å². The number of likely N-dealkylation sites (N-methyl/N-ethyl adjacent to an activating group) is 1. The Hall–Kier alpha value is -1.05. The predicted molar refractivity (Wildman–Crippen MR) is 86.5 cm³/mol. The highest BCUT2D eigenvalue weighted by Crippen LogP contribution is 2.27. The van der Waals surface area contributed by atoms with Gasteiger partial charge in [0.2, 0.25) is 0 Å². The molecule has 0 aliphatic heterocycles. The highest BCUT2D eigenvalue weighted by atomic mass is 32.2. The summed E-state index contributed by atoms with van der Waals surface area (Å²) < 4.78 is 22.1. The van der Waals surface area contributed by atoms with Crippen molar-refractivity contribution in [1.29, 1.82) is 0 Å². The summed E-state index contributed by atoms with van der Waals surface area (Å²) in [6, 6.07) is 9.02. The van der Waals surface area contributed by atoms with Crippen molar-refractivity contribution in [2.24, 2.45) is 0 Å². The Morgan fingerprint density at radius 3 is 2.38 bits per heavy atom. The minimum Gasteiger partial charge on any atom is -0.480 e. The van der Waals surface area contributed by atoms with Gasteiger partial charge in [-0.2, -0.15) is 11.8 Å². The Morgan fingerprint density at radius 1 is 1.29 bits per heavy atom. The van der Waals surface area contributed by atoms with Crippen molar-refractivity contribution in [1.82, 2.24) is 5.32 Å². The molecule has 0 aliphatic rings. The zero-order chi connectivity index (χ0) is 15.9. The Morgan fingerprint density at radius 2 is 1.90 bits per heavy atom. The first-order valence-corrected chi connectivity index (χ1v) is 9.76. The molecular weight excluding hydrogens is 310 g/mol. The van der Waals surface area contributed by atoms with Crippen molar-refractivity contribution in [3.63, 3.8) is 0 Å². The minimum atomic E-state index is -2.97. The first kappa shape index (κ1) is 18.0. The molecule has 1 unspecified atom stereocenters. The van der Waals surface area contributed by atoms with E-state index in [1.807, 2.05) is 6.07 Å². The molecule has 1 rings (SSSR count). The van der Waals surface area contributed by atoms with Crippen molar-refractivity contribution in [3.05, 3.63) is 35.9 Å². The van der Waals surface area contributed by atoms with Crippen LogP contribution in [0.2, 0.25) is 0 Å². The number of aliphatic carboxylic acids is 1. The van der Waals surface area contributed by atoms with Crippen LogP contribution in [0.25, 0.3) is 0 Å². The summed E-state index contributed by atoms with van der Waals surface area (Å²) in [5.74, 6) is 0.229. The highest BCUT2D eigenvalue weighted by molar-refractivity contribution is 8.00. The number of sulfone groups is 1. The van der Waals surface area contributed by atoms with Gasteiger partial charge in [-0.3, -0.25) is 0 Å². The summed E-state index contributed by atoms with van der Waals surface area (Å²) in [5, 5.41) is 12.5. The average Bonchev–Trinajstić information content (AvgIpc) is 2.42. The first-order chi connectivity index (χ1) is 9.82. The molecule has 1 atom stereocenters. The number of thioether (sulfide) groups is 1. The van der Waals surface area contributed by atoms with Crippen LogP contribution in [0.15, 0.2) is 30.3 Å². The van der Waals surface area contributed by atoms with Gasteiger partial charge in [0.05, 0.1) is 5.75 Å². The highest BCUT2D eigenvalue weighted by Gasteiger charge is 2.38. The lowest BCUT2D eigenvalue weighted by Crippen LogP contribution is -2.47. The maximum Gasteiger partial charge on any atom is 0.328 e. The molecule has 0 radical (unpaired) electrons. The summed E-state index contributed by atoms with van der Waals surface area (Å²) in [7, 11) is -1.34. The number of carboxylic acid groups (broad SMARTS) is 1. The zero-order valence-electron chi connectivity index (χ0n) is 12.2. The number of carboxylic acids is 1. The second kappa shape index (κ2) is 7.82. The lowest BCUT2D eigenvalue weighted by molar-refractivity contribution is -0.145. The van der Waals surface area contributed by atoms with Crippen LogP contribution in [-0.4, -0.2) is 50.1 Å². The van der Waals surface area contributed by atoms with E-state index in [1.165, 1.54) is 18.0 Å². The molecule has 118 valence electrons. The van der Waals surface area contributed by atoms with Crippen LogP contribution in [0.4, 0.5) is 0 Å². The second-order valence-electron chi connectivity index (χ2n) is 4.82. The number of benzene rings is 1. The van der Waals surface area contributed by atoms with Crippen molar-refractivity contribution >= 4 is 27.6 Å². The van der Waals surface area contributed by atoms with E-state index >= 15 is 0 Å². The Bertz CT molecular complexity index is 560. The predicted octanol–water partition coefficient (Wildman–Crippen LogP) is 1.35. The molecule has 1 aromatic carbocycles. The van der Waals surface area contributed by atoms with E-state index in [9.17, 15) is 18.3 Å². The van der Waals surface area contributed by atoms with Gasteiger partial charge in [-0.25, -0.2) is 13.2 Å². The number of hydrogen-bond donors (Lipinski definition) is 2. The molecule has 0 aliphatic carbocycles. The smallest absolute Gasteiger partial charge is 0.328 e. The third-order valence-electron chi connectivity index (χ3n) is 3.28. The van der Waals surface area contributed by atoms with E-state index in [0.29, 0.717) is 23.5 Å². The van der Waals surface area contributed by atoms with Crippen molar-refractivity contribution in [2.75, 3.05) is 30.6 Å². The fourth-order valence-corrected chi connectivity index (χ4v) is 4.35. The monoisotopic (exact) mass is 331 g/mol. The van der Waals surface area contributed by atoms with Gasteiger partial charge in [0.25, 0.3) is 0 Å². The molecule has 2 N–H and O–H groups in total. The summed E-state index contributed by atoms with van der Waals surface area (Å²) >= 11 is 1.45. The molecule has 0 heterocycles. The molecule has 0 spiro atoms. The number of nitrogens with one attached hydrogen (secondary N) is 1. The van der Waals surface area contributed by atoms with Gasteiger partial charge in [-0.05, 0) is 24.8 Å². The normalized spacial score (nSPS) is 14.6. The molecule has 5 nitrogen and oxygen atoms in total. The fourth-order valence-electron chi connectivity index (χ4n) is 2.01. The molecule has 0 bridgehead atoms. The molecule has 0 fully saturated rings. The second-order valence-corrected chi connectivity index (χ2v) is 8.30. The van der Waals surface area contributed by atoms with Gasteiger partial charge in [0.15, 0.2) is 0 Å². The Balaban J connectivity index is 2.70. The lowest BCUT2D eigenvalue weighted by Gasteiger charge is -2.29. The maximum absolute atomic E-state index is 11.7. The molecule has 0 saturated heterocycles. The minimum absolute atomic E-state index is 0.114. The lowest BCUT2D eigenvalue weighted by atomic mass is 9.87. The van der Waals surface area contributed by atoms with Gasteiger partial charge < -0.3 is 10.4 Å². The van der Waals surface area contributed by atoms with Crippen LogP contribution in [-0.2, 0) is 20.2 Å². The Labute approximate surface area is 130 Å². The van der Waals surface area contributed by atoms with Gasteiger partial charge in [0, 0.05) is 12.0 Å². The van der Waals surface area contributed by atoms with Crippen LogP contribution in [0.5, 0.6) is 0 Å². The van der Waals surface area contributed by atoms with E-state index in [4.69, 9.17) is 0 Å². The number of hydrogen-bond acceptors (Lipinski definition) is 5. The first-order valence-electron chi connectivity index (χ1n) is 6.55. The van der Waals surface area contributed by atoms with Gasteiger partial charge in [0.1, 0.15) is 15.4 Å². The van der Waals surface area contributed by atoms with Crippen LogP contribution < -0.4 is 5.32 Å². The SMILES string of the molecule is CNC(CCSCCS(C)(=O)=O)(C(=O)O)c1ccccc1. The van der Waals surface area contributed by atoms with Crippen LogP contribution in [0.1, 0.15) is 12.0 Å². The summed E-state index contributed by atoms with van der Waals surface area (Å²) in [4.78, 5) is 11.7. The summed E-state index contributed by atoms with van der Waals surface area (Å²) in [6.07, 6.45) is 1.59. The standard InChI is InChI=1S/C14H21NO4S2/c1-15-14(13(16)17,12-6-4-3-5-7-12)8-9-20-10-11-21(2,18)19/h3-7,15H,8-11H2,1-2H3,(H,16,17). The summed E-state index contributed by atoms with van der Waals surface area (Å²) in [5.41, 5.74) is -0.442. The largest absolute Gasteiger partial charge is 0.480 e. The van der Waals surface area contributed by atoms with E-state index < -0.39 is 21.3 Å². The van der Waals surface area contributed by atoms with E-state index in [0.717, 1.165) is 0 Å². The third-order valence-corrected chi connectivity index (χ3v) is 5.47. The average molecular weight is 331 g/mol. The number of carbonyl (C=O) groups is 1. The Kier molecular flexibility index (Phi) is 6.70. The zero-order valence-corrected chi connectivity index (χ0v) is 13.8. The molecule has 7 heteroatoms. The van der Waals surface area contributed by atoms with Crippen LogP contribution >= 0.6 is 11.8 Å². The number of rotatable bonds is 9. The van der Waals surface area contributed by atoms with Crippen molar-refractivity contribution in [2.45, 2.75) is 12.0 Å². The third kappa shape index (κ3) is 5.33. The summed E-state index contributed by atoms with van der Waals surface area (Å²) in [6.45, 7) is 0. The van der Waals surface area contributed by atoms with Crippen molar-refractivity contribution < 1.29 is 18.3 Å². The van der Waals surface area contributed by atoms with Crippen molar-refractivity contribution in [3.8, 4) is 0 Å². The van der Waals surface area contributed by atoms with E-state index in [-0.39, 0.29) is 5.75 Å². The molecule has 0 aromatic heterocycles. The van der Waals surface area contributed by atoms with Crippen LogP contribution in [0, 0.1) is 0 Å². The van der Waals surface area contributed by atoms with Crippen LogP contribution in [0.3, 0.4) is 0 Å². The molecular formula is C14H21NO4S2. The molecule has 1 aromatic rings. The topological polar surface area (TPSA) is 83.5 Å². The molecule has 21 heavy (non-hydrogen) atoms. The van der Waals surface area contributed by atoms with Gasteiger partial charge >= 0.3 is 5.97 Å². The molecule has 0 saturated carbocycles. The quantitative estimate of drug-likeness (QED) is 0.665. The maximum atomic E-state index is 11.7. The van der Waals surface area contributed by atoms with E-state index in [2.05, 4.69) is 5.32 Å². The molecule has 0 amide bonds. The fraction of sp³-hybridized carbons (Fsp3) is 0.500.